The van der Waals surface area contributed by atoms with Crippen LogP contribution in [0.25, 0.3) is 0 Å². The summed E-state index contributed by atoms with van der Waals surface area (Å²) in [4.78, 5) is 0. The number of halogens is 1. The van der Waals surface area contributed by atoms with Crippen LogP contribution in [0, 0.1) is 17.2 Å². The molecule has 0 aliphatic heterocycles. The number of nitrogens with one attached hydrogen (secondary N) is 1. The molecule has 1 aliphatic carbocycles. The lowest BCUT2D eigenvalue weighted by Gasteiger charge is -2.11. The van der Waals surface area contributed by atoms with E-state index in [0.717, 1.165) is 12.8 Å². The van der Waals surface area contributed by atoms with Crippen molar-refractivity contribution in [2.75, 3.05) is 0 Å². The van der Waals surface area contributed by atoms with Gasteiger partial charge in [-0.1, -0.05) is 11.6 Å². The average molecular weight is 275 g/mol. The summed E-state index contributed by atoms with van der Waals surface area (Å²) in [7, 11) is -2.31. The molecule has 1 saturated carbocycles. The molecule has 2 rings (SSSR count). The van der Waals surface area contributed by atoms with Gasteiger partial charge in [0.25, 0.3) is 10.0 Å². The fourth-order valence-electron chi connectivity index (χ4n) is 1.58. The minimum absolute atomic E-state index is 0.0486. The Labute approximate surface area is 104 Å². The number of hydrogen-bond acceptors (Lipinski definition) is 4. The van der Waals surface area contributed by atoms with Crippen molar-refractivity contribution in [3.63, 3.8) is 0 Å². The lowest BCUT2D eigenvalue weighted by molar-refractivity contribution is 0.545. The zero-order chi connectivity index (χ0) is 12.6. The van der Waals surface area contributed by atoms with E-state index in [1.165, 1.54) is 17.9 Å². The van der Waals surface area contributed by atoms with Gasteiger partial charge in [0.1, 0.15) is 6.04 Å². The maximum atomic E-state index is 12.0. The fourth-order valence-corrected chi connectivity index (χ4v) is 3.45. The van der Waals surface area contributed by atoms with Crippen LogP contribution in [0.3, 0.4) is 0 Å². The van der Waals surface area contributed by atoms with E-state index < -0.39 is 16.1 Å². The van der Waals surface area contributed by atoms with Crippen molar-refractivity contribution in [1.82, 2.24) is 14.5 Å². The Bertz CT molecular complexity index is 551. The van der Waals surface area contributed by atoms with E-state index in [2.05, 4.69) is 9.82 Å². The van der Waals surface area contributed by atoms with Crippen LogP contribution in [0.1, 0.15) is 12.8 Å². The van der Waals surface area contributed by atoms with E-state index in [9.17, 15) is 8.42 Å². The third-order valence-corrected chi connectivity index (χ3v) is 4.56. The SMILES string of the molecule is Cn1ncc(Cl)c1S(=O)(=O)NC(C#N)C1CC1. The molecule has 6 nitrogen and oxygen atoms in total. The molecule has 1 aromatic rings. The largest absolute Gasteiger partial charge is 0.260 e. The van der Waals surface area contributed by atoms with E-state index in [1.54, 1.807) is 0 Å². The lowest BCUT2D eigenvalue weighted by atomic mass is 10.2. The Balaban J connectivity index is 2.28. The Hall–Kier alpha value is -1.10. The number of nitriles is 1. The topological polar surface area (TPSA) is 87.8 Å². The molecule has 1 N–H and O–H groups in total. The van der Waals surface area contributed by atoms with Gasteiger partial charge in [0.05, 0.1) is 17.3 Å². The van der Waals surface area contributed by atoms with Crippen LogP contribution in [-0.2, 0) is 17.1 Å². The molecule has 17 heavy (non-hydrogen) atoms. The van der Waals surface area contributed by atoms with E-state index >= 15 is 0 Å². The number of sulfonamides is 1. The highest BCUT2D eigenvalue weighted by atomic mass is 35.5. The van der Waals surface area contributed by atoms with Gasteiger partial charge >= 0.3 is 0 Å². The molecular formula is C9H11ClN4O2S. The number of nitrogens with zero attached hydrogens (tertiary/aromatic N) is 3. The van der Waals surface area contributed by atoms with Gasteiger partial charge in [0.15, 0.2) is 5.03 Å². The summed E-state index contributed by atoms with van der Waals surface area (Å²) in [5.41, 5.74) is 0. The predicted molar refractivity (Wildman–Crippen MR) is 60.7 cm³/mol. The second-order valence-electron chi connectivity index (χ2n) is 3.99. The van der Waals surface area contributed by atoms with Crippen molar-refractivity contribution in [1.29, 1.82) is 5.26 Å². The molecule has 1 aromatic heterocycles. The number of hydrogen-bond donors (Lipinski definition) is 1. The molecule has 0 bridgehead atoms. The van der Waals surface area contributed by atoms with Gasteiger partial charge in [-0.25, -0.2) is 8.42 Å². The van der Waals surface area contributed by atoms with Crippen molar-refractivity contribution in [3.05, 3.63) is 11.2 Å². The van der Waals surface area contributed by atoms with Crippen molar-refractivity contribution < 1.29 is 8.42 Å². The molecular weight excluding hydrogens is 264 g/mol. The van der Waals surface area contributed by atoms with E-state index in [0.29, 0.717) is 0 Å². The summed E-state index contributed by atoms with van der Waals surface area (Å²) in [5.74, 6) is 0.113. The standard InChI is InChI=1S/C9H11ClN4O2S/c1-14-9(7(10)5-12-14)17(15,16)13-8(4-11)6-2-3-6/h5-6,8,13H,2-3H2,1H3. The first-order chi connectivity index (χ1) is 7.95. The summed E-state index contributed by atoms with van der Waals surface area (Å²) in [6, 6.07) is 1.27. The highest BCUT2D eigenvalue weighted by molar-refractivity contribution is 7.89. The van der Waals surface area contributed by atoms with Gasteiger partial charge in [-0.15, -0.1) is 0 Å². The normalized spacial score (nSPS) is 17.7. The van der Waals surface area contributed by atoms with Gasteiger partial charge < -0.3 is 0 Å². The molecule has 1 unspecified atom stereocenters. The molecule has 1 heterocycles. The van der Waals surface area contributed by atoms with Crippen LogP contribution < -0.4 is 4.72 Å². The number of rotatable bonds is 4. The van der Waals surface area contributed by atoms with Crippen LogP contribution in [0.4, 0.5) is 0 Å². The van der Waals surface area contributed by atoms with Gasteiger partial charge in [-0.3, -0.25) is 4.68 Å². The molecule has 1 fully saturated rings. The molecule has 0 saturated heterocycles. The van der Waals surface area contributed by atoms with Crippen molar-refractivity contribution in [2.45, 2.75) is 23.9 Å². The third-order valence-electron chi connectivity index (χ3n) is 2.61. The minimum atomic E-state index is -3.80. The summed E-state index contributed by atoms with van der Waals surface area (Å²) in [6.45, 7) is 0. The van der Waals surface area contributed by atoms with Gasteiger partial charge in [-0.2, -0.15) is 15.1 Å². The van der Waals surface area contributed by atoms with Crippen molar-refractivity contribution in [2.24, 2.45) is 13.0 Å². The van der Waals surface area contributed by atoms with Crippen LogP contribution in [-0.4, -0.2) is 24.2 Å². The molecule has 0 radical (unpaired) electrons. The van der Waals surface area contributed by atoms with Crippen molar-refractivity contribution >= 4 is 21.6 Å². The Kier molecular flexibility index (Phi) is 3.12. The first-order valence-corrected chi connectivity index (χ1v) is 6.91. The first kappa shape index (κ1) is 12.4. The summed E-state index contributed by atoms with van der Waals surface area (Å²) >= 11 is 5.77. The Morgan fingerprint density at radius 1 is 1.71 bits per heavy atom. The summed E-state index contributed by atoms with van der Waals surface area (Å²) in [6.07, 6.45) is 3.01. The quantitative estimate of drug-likeness (QED) is 0.873. The molecule has 0 amide bonds. The second-order valence-corrected chi connectivity index (χ2v) is 6.02. The van der Waals surface area contributed by atoms with Crippen molar-refractivity contribution in [3.8, 4) is 6.07 Å². The molecule has 1 atom stereocenters. The number of aryl methyl sites for hydroxylation is 1. The monoisotopic (exact) mass is 274 g/mol. The molecule has 8 heteroatoms. The van der Waals surface area contributed by atoms with Crippen LogP contribution >= 0.6 is 11.6 Å². The van der Waals surface area contributed by atoms with Gasteiger partial charge in [0, 0.05) is 7.05 Å². The Morgan fingerprint density at radius 2 is 2.35 bits per heavy atom. The van der Waals surface area contributed by atoms with Crippen LogP contribution in [0.5, 0.6) is 0 Å². The molecule has 92 valence electrons. The maximum Gasteiger partial charge on any atom is 0.260 e. The smallest absolute Gasteiger partial charge is 0.255 e. The third kappa shape index (κ3) is 2.44. The molecule has 0 aromatic carbocycles. The molecule has 0 spiro atoms. The maximum absolute atomic E-state index is 12.0. The predicted octanol–water partition coefficient (Wildman–Crippen LogP) is 0.654. The number of aromatic nitrogens is 2. The summed E-state index contributed by atoms with van der Waals surface area (Å²) in [5, 5.41) is 12.6. The van der Waals surface area contributed by atoms with Gasteiger partial charge in [0.2, 0.25) is 0 Å². The molecule has 1 aliphatic rings. The van der Waals surface area contributed by atoms with E-state index in [1.807, 2.05) is 6.07 Å². The van der Waals surface area contributed by atoms with Gasteiger partial charge in [-0.05, 0) is 18.8 Å². The zero-order valence-electron chi connectivity index (χ0n) is 9.09. The first-order valence-electron chi connectivity index (χ1n) is 5.05. The van der Waals surface area contributed by atoms with E-state index in [-0.39, 0.29) is 16.0 Å². The van der Waals surface area contributed by atoms with E-state index in [4.69, 9.17) is 16.9 Å². The van der Waals surface area contributed by atoms with Crippen LogP contribution in [0.2, 0.25) is 5.02 Å². The second kappa shape index (κ2) is 4.29. The zero-order valence-corrected chi connectivity index (χ0v) is 10.7. The van der Waals surface area contributed by atoms with Crippen LogP contribution in [0.15, 0.2) is 11.2 Å². The highest BCUT2D eigenvalue weighted by Crippen LogP contribution is 2.33. The minimum Gasteiger partial charge on any atom is -0.255 e. The highest BCUT2D eigenvalue weighted by Gasteiger charge is 2.35. The Morgan fingerprint density at radius 3 is 2.76 bits per heavy atom. The lowest BCUT2D eigenvalue weighted by Crippen LogP contribution is -2.36. The summed E-state index contributed by atoms with van der Waals surface area (Å²) < 4.78 is 27.6. The fraction of sp³-hybridized carbons (Fsp3) is 0.556. The average Bonchev–Trinajstić information content (AvgIpc) is 3.02.